The monoisotopic (exact) mass is 268 g/mol. The Hall–Kier alpha value is -1.56. The smallest absolute Gasteiger partial charge is 0.319 e. The van der Waals surface area contributed by atoms with Crippen LogP contribution in [0.3, 0.4) is 0 Å². The molecule has 2 amide bonds. The molecule has 1 saturated heterocycles. The van der Waals surface area contributed by atoms with Crippen molar-refractivity contribution >= 4 is 21.6 Å². The zero-order valence-corrected chi connectivity index (χ0v) is 10.7. The average molecular weight is 268 g/mol. The molecule has 2 N–H and O–H groups in total. The standard InChI is InChI=1S/C12H16N2O3S/c15-12(14-11-4-2-1-3-5-11)13-8-10-6-7-18(16,17)9-10/h1-5,10H,6-9H2,(H2,13,14,15)/t10-/m1/s1. The van der Waals surface area contributed by atoms with Gasteiger partial charge in [-0.25, -0.2) is 13.2 Å². The van der Waals surface area contributed by atoms with Gasteiger partial charge in [0, 0.05) is 12.2 Å². The topological polar surface area (TPSA) is 75.3 Å². The van der Waals surface area contributed by atoms with Crippen molar-refractivity contribution < 1.29 is 13.2 Å². The number of sulfone groups is 1. The minimum atomic E-state index is -2.87. The summed E-state index contributed by atoms with van der Waals surface area (Å²) in [5.74, 6) is 0.453. The maximum atomic E-state index is 11.6. The summed E-state index contributed by atoms with van der Waals surface area (Å²) in [4.78, 5) is 11.6. The first-order valence-electron chi connectivity index (χ1n) is 5.85. The maximum Gasteiger partial charge on any atom is 0.319 e. The summed E-state index contributed by atoms with van der Waals surface area (Å²) >= 11 is 0. The van der Waals surface area contributed by atoms with E-state index in [1.165, 1.54) is 0 Å². The van der Waals surface area contributed by atoms with Crippen LogP contribution in [0.2, 0.25) is 0 Å². The van der Waals surface area contributed by atoms with Crippen LogP contribution in [0.15, 0.2) is 30.3 Å². The van der Waals surface area contributed by atoms with Gasteiger partial charge in [-0.1, -0.05) is 18.2 Å². The number of anilines is 1. The molecule has 0 aromatic heterocycles. The van der Waals surface area contributed by atoms with Gasteiger partial charge < -0.3 is 10.6 Å². The van der Waals surface area contributed by atoms with E-state index in [0.717, 1.165) is 0 Å². The third-order valence-corrected chi connectivity index (χ3v) is 4.75. The number of rotatable bonds is 3. The van der Waals surface area contributed by atoms with Gasteiger partial charge in [-0.15, -0.1) is 0 Å². The van der Waals surface area contributed by atoms with Gasteiger partial charge in [-0.2, -0.15) is 0 Å². The predicted octanol–water partition coefficient (Wildman–Crippen LogP) is 1.24. The second-order valence-electron chi connectivity index (χ2n) is 4.47. The second-order valence-corrected chi connectivity index (χ2v) is 6.70. The summed E-state index contributed by atoms with van der Waals surface area (Å²) in [6.07, 6.45) is 0.633. The van der Waals surface area contributed by atoms with Gasteiger partial charge in [0.15, 0.2) is 9.84 Å². The Balaban J connectivity index is 1.76. The quantitative estimate of drug-likeness (QED) is 0.866. The Morgan fingerprint density at radius 1 is 1.28 bits per heavy atom. The molecule has 1 atom stereocenters. The molecule has 1 heterocycles. The number of carbonyl (C=O) groups is 1. The average Bonchev–Trinajstić information content (AvgIpc) is 2.68. The molecule has 0 unspecified atom stereocenters. The molecule has 1 aliphatic rings. The molecule has 1 fully saturated rings. The van der Waals surface area contributed by atoms with E-state index in [9.17, 15) is 13.2 Å². The fourth-order valence-electron chi connectivity index (χ4n) is 1.97. The van der Waals surface area contributed by atoms with Crippen LogP contribution in [0.5, 0.6) is 0 Å². The highest BCUT2D eigenvalue weighted by molar-refractivity contribution is 7.91. The number of carbonyl (C=O) groups excluding carboxylic acids is 1. The van der Waals surface area contributed by atoms with E-state index in [0.29, 0.717) is 18.7 Å². The summed E-state index contributed by atoms with van der Waals surface area (Å²) in [5, 5.41) is 5.38. The van der Waals surface area contributed by atoms with Crippen molar-refractivity contribution in [2.75, 3.05) is 23.4 Å². The molecule has 18 heavy (non-hydrogen) atoms. The molecule has 1 aromatic rings. The lowest BCUT2D eigenvalue weighted by Gasteiger charge is -2.10. The summed E-state index contributed by atoms with van der Waals surface area (Å²) in [6, 6.07) is 8.81. The molecule has 0 bridgehead atoms. The Morgan fingerprint density at radius 2 is 2.00 bits per heavy atom. The van der Waals surface area contributed by atoms with Crippen molar-refractivity contribution in [2.45, 2.75) is 6.42 Å². The van der Waals surface area contributed by atoms with Crippen LogP contribution in [0, 0.1) is 5.92 Å². The number of benzene rings is 1. The van der Waals surface area contributed by atoms with Crippen molar-refractivity contribution in [1.82, 2.24) is 5.32 Å². The molecule has 0 spiro atoms. The highest BCUT2D eigenvalue weighted by Crippen LogP contribution is 2.17. The van der Waals surface area contributed by atoms with Crippen LogP contribution >= 0.6 is 0 Å². The van der Waals surface area contributed by atoms with E-state index < -0.39 is 9.84 Å². The van der Waals surface area contributed by atoms with Crippen LogP contribution in [0.1, 0.15) is 6.42 Å². The number of hydrogen-bond donors (Lipinski definition) is 2. The SMILES string of the molecule is O=C(NC[C@H]1CCS(=O)(=O)C1)Nc1ccccc1. The first kappa shape index (κ1) is 12.9. The molecule has 0 aliphatic carbocycles. The van der Waals surface area contributed by atoms with Gasteiger partial charge in [0.25, 0.3) is 0 Å². The van der Waals surface area contributed by atoms with Crippen molar-refractivity contribution in [1.29, 1.82) is 0 Å². The predicted molar refractivity (Wildman–Crippen MR) is 70.2 cm³/mol. The number of hydrogen-bond acceptors (Lipinski definition) is 3. The lowest BCUT2D eigenvalue weighted by atomic mass is 10.1. The molecule has 0 radical (unpaired) electrons. The van der Waals surface area contributed by atoms with E-state index in [4.69, 9.17) is 0 Å². The molecular weight excluding hydrogens is 252 g/mol. The molecular formula is C12H16N2O3S. The van der Waals surface area contributed by atoms with Crippen molar-refractivity contribution in [3.8, 4) is 0 Å². The van der Waals surface area contributed by atoms with E-state index in [1.807, 2.05) is 18.2 Å². The van der Waals surface area contributed by atoms with Crippen molar-refractivity contribution in [2.24, 2.45) is 5.92 Å². The molecule has 6 heteroatoms. The summed E-state index contributed by atoms with van der Waals surface area (Å²) < 4.78 is 22.5. The molecule has 2 rings (SSSR count). The first-order chi connectivity index (χ1) is 8.55. The van der Waals surface area contributed by atoms with Crippen LogP contribution in [0.25, 0.3) is 0 Å². The fourth-order valence-corrected chi connectivity index (χ4v) is 3.83. The Morgan fingerprint density at radius 3 is 2.61 bits per heavy atom. The number of nitrogens with one attached hydrogen (secondary N) is 2. The molecule has 98 valence electrons. The highest BCUT2D eigenvalue weighted by Gasteiger charge is 2.27. The minimum Gasteiger partial charge on any atom is -0.338 e. The minimum absolute atomic E-state index is 0.0384. The van der Waals surface area contributed by atoms with Crippen LogP contribution < -0.4 is 10.6 Å². The molecule has 1 aromatic carbocycles. The third kappa shape index (κ3) is 3.73. The molecule has 5 nitrogen and oxygen atoms in total. The van der Waals surface area contributed by atoms with Crippen LogP contribution in [0.4, 0.5) is 10.5 Å². The van der Waals surface area contributed by atoms with Gasteiger partial charge in [-0.05, 0) is 24.5 Å². The Kier molecular flexibility index (Phi) is 3.86. The van der Waals surface area contributed by atoms with Crippen molar-refractivity contribution in [3.05, 3.63) is 30.3 Å². The largest absolute Gasteiger partial charge is 0.338 e. The maximum absolute atomic E-state index is 11.6. The zero-order valence-electron chi connectivity index (χ0n) is 9.93. The molecule has 1 aliphatic heterocycles. The summed E-state index contributed by atoms with van der Waals surface area (Å²) in [7, 11) is -2.87. The van der Waals surface area contributed by atoms with Gasteiger partial charge >= 0.3 is 6.03 Å². The summed E-state index contributed by atoms with van der Waals surface area (Å²) in [6.45, 7) is 0.401. The van der Waals surface area contributed by atoms with Crippen LogP contribution in [-0.2, 0) is 9.84 Å². The number of amides is 2. The zero-order chi connectivity index (χ0) is 13.0. The van der Waals surface area contributed by atoms with E-state index in [1.54, 1.807) is 12.1 Å². The lowest BCUT2D eigenvalue weighted by molar-refractivity contribution is 0.250. The second kappa shape index (κ2) is 5.39. The highest BCUT2D eigenvalue weighted by atomic mass is 32.2. The van der Waals surface area contributed by atoms with Gasteiger partial charge in [0.1, 0.15) is 0 Å². The normalized spacial score (nSPS) is 21.4. The Labute approximate surface area is 107 Å². The number of urea groups is 1. The fraction of sp³-hybridized carbons (Fsp3) is 0.417. The van der Waals surface area contributed by atoms with E-state index >= 15 is 0 Å². The Bertz CT molecular complexity index is 513. The summed E-state index contributed by atoms with van der Waals surface area (Å²) in [5.41, 5.74) is 0.717. The first-order valence-corrected chi connectivity index (χ1v) is 7.68. The van der Waals surface area contributed by atoms with Gasteiger partial charge in [0.05, 0.1) is 11.5 Å². The van der Waals surface area contributed by atoms with Crippen LogP contribution in [-0.4, -0.2) is 32.5 Å². The van der Waals surface area contributed by atoms with E-state index in [-0.39, 0.29) is 23.5 Å². The van der Waals surface area contributed by atoms with E-state index in [2.05, 4.69) is 10.6 Å². The number of para-hydroxylation sites is 1. The lowest BCUT2D eigenvalue weighted by Crippen LogP contribution is -2.33. The van der Waals surface area contributed by atoms with Gasteiger partial charge in [-0.3, -0.25) is 0 Å². The van der Waals surface area contributed by atoms with Gasteiger partial charge in [0.2, 0.25) is 0 Å². The molecule has 0 saturated carbocycles. The third-order valence-electron chi connectivity index (χ3n) is 2.91. The van der Waals surface area contributed by atoms with Crippen molar-refractivity contribution in [3.63, 3.8) is 0 Å².